The fourth-order valence-corrected chi connectivity index (χ4v) is 2.18. The van der Waals surface area contributed by atoms with Gasteiger partial charge in [-0.2, -0.15) is 0 Å². The number of rotatable bonds is 7. The molecule has 4 heteroatoms. The van der Waals surface area contributed by atoms with E-state index in [0.717, 1.165) is 48.9 Å². The van der Waals surface area contributed by atoms with Crippen molar-refractivity contribution in [3.63, 3.8) is 0 Å². The SMILES string of the molecule is CCCN(CCC)c1ncc(CNC)cc1Cl. The van der Waals surface area contributed by atoms with Gasteiger partial charge in [-0.15, -0.1) is 0 Å². The Morgan fingerprint density at radius 1 is 1.29 bits per heavy atom. The third-order valence-corrected chi connectivity index (χ3v) is 2.82. The molecule has 0 saturated carbocycles. The van der Waals surface area contributed by atoms with Crippen LogP contribution in [0.1, 0.15) is 32.3 Å². The zero-order valence-electron chi connectivity index (χ0n) is 11.0. The molecule has 0 aliphatic heterocycles. The molecule has 0 atom stereocenters. The molecule has 1 aromatic rings. The lowest BCUT2D eigenvalue weighted by Gasteiger charge is -2.23. The fraction of sp³-hybridized carbons (Fsp3) is 0.615. The summed E-state index contributed by atoms with van der Waals surface area (Å²) in [6.45, 7) is 7.16. The number of anilines is 1. The summed E-state index contributed by atoms with van der Waals surface area (Å²) in [7, 11) is 1.92. The normalized spacial score (nSPS) is 10.6. The van der Waals surface area contributed by atoms with E-state index in [4.69, 9.17) is 11.6 Å². The van der Waals surface area contributed by atoms with Gasteiger partial charge >= 0.3 is 0 Å². The van der Waals surface area contributed by atoms with Crippen molar-refractivity contribution in [2.45, 2.75) is 33.2 Å². The molecule has 0 spiro atoms. The second kappa shape index (κ2) is 7.51. The van der Waals surface area contributed by atoms with Crippen LogP contribution in [-0.2, 0) is 6.54 Å². The quantitative estimate of drug-likeness (QED) is 0.812. The maximum absolute atomic E-state index is 6.30. The first-order valence-corrected chi connectivity index (χ1v) is 6.64. The van der Waals surface area contributed by atoms with Gasteiger partial charge in [0.1, 0.15) is 5.82 Å². The summed E-state index contributed by atoms with van der Waals surface area (Å²) in [6.07, 6.45) is 4.11. The minimum Gasteiger partial charge on any atom is -0.355 e. The average Bonchev–Trinajstić information content (AvgIpc) is 2.29. The van der Waals surface area contributed by atoms with Gasteiger partial charge in [0.25, 0.3) is 0 Å². The molecule has 0 radical (unpaired) electrons. The molecular formula is C13H22ClN3. The van der Waals surface area contributed by atoms with E-state index in [1.807, 2.05) is 19.3 Å². The maximum Gasteiger partial charge on any atom is 0.147 e. The van der Waals surface area contributed by atoms with E-state index in [9.17, 15) is 0 Å². The largest absolute Gasteiger partial charge is 0.355 e. The fourth-order valence-electron chi connectivity index (χ4n) is 1.87. The van der Waals surface area contributed by atoms with Gasteiger partial charge in [0, 0.05) is 25.8 Å². The van der Waals surface area contributed by atoms with Gasteiger partial charge in [0.05, 0.1) is 5.02 Å². The minimum atomic E-state index is 0.750. The van der Waals surface area contributed by atoms with Crippen LogP contribution in [-0.4, -0.2) is 25.1 Å². The first-order valence-electron chi connectivity index (χ1n) is 6.26. The Morgan fingerprint density at radius 3 is 2.41 bits per heavy atom. The minimum absolute atomic E-state index is 0.750. The molecule has 96 valence electrons. The van der Waals surface area contributed by atoms with Crippen molar-refractivity contribution >= 4 is 17.4 Å². The molecule has 0 amide bonds. The van der Waals surface area contributed by atoms with E-state index in [1.165, 1.54) is 0 Å². The number of halogens is 1. The molecule has 0 aliphatic rings. The van der Waals surface area contributed by atoms with Crippen molar-refractivity contribution < 1.29 is 0 Å². The zero-order valence-corrected chi connectivity index (χ0v) is 11.7. The van der Waals surface area contributed by atoms with Crippen molar-refractivity contribution in [2.24, 2.45) is 0 Å². The predicted octanol–water partition coefficient (Wildman–Crippen LogP) is 3.08. The topological polar surface area (TPSA) is 28.2 Å². The molecular weight excluding hydrogens is 234 g/mol. The van der Waals surface area contributed by atoms with Gasteiger partial charge in [0.2, 0.25) is 0 Å². The Balaban J connectivity index is 2.87. The second-order valence-electron chi connectivity index (χ2n) is 4.17. The Hall–Kier alpha value is -0.800. The number of pyridine rings is 1. The van der Waals surface area contributed by atoms with Gasteiger partial charge < -0.3 is 10.2 Å². The first kappa shape index (κ1) is 14.3. The summed E-state index contributed by atoms with van der Waals surface area (Å²) in [6, 6.07) is 2.00. The Morgan fingerprint density at radius 2 is 1.94 bits per heavy atom. The standard InChI is InChI=1S/C13H22ClN3/c1-4-6-17(7-5-2)13-12(14)8-11(9-15-3)10-16-13/h8,10,15H,4-7,9H2,1-3H3. The summed E-state index contributed by atoms with van der Waals surface area (Å²) < 4.78 is 0. The summed E-state index contributed by atoms with van der Waals surface area (Å²) in [4.78, 5) is 6.74. The molecule has 0 aliphatic carbocycles. The molecule has 0 aromatic carbocycles. The molecule has 3 nitrogen and oxygen atoms in total. The van der Waals surface area contributed by atoms with E-state index < -0.39 is 0 Å². The summed E-state index contributed by atoms with van der Waals surface area (Å²) in [5.41, 5.74) is 1.12. The van der Waals surface area contributed by atoms with Crippen LogP contribution in [0.3, 0.4) is 0 Å². The van der Waals surface area contributed by atoms with Crippen LogP contribution in [0.25, 0.3) is 0 Å². The predicted molar refractivity (Wildman–Crippen MR) is 74.8 cm³/mol. The number of nitrogens with zero attached hydrogens (tertiary/aromatic N) is 2. The molecule has 1 N–H and O–H groups in total. The summed E-state index contributed by atoms with van der Waals surface area (Å²) in [5, 5.41) is 3.85. The molecule has 0 bridgehead atoms. The van der Waals surface area contributed by atoms with E-state index in [0.29, 0.717) is 0 Å². The van der Waals surface area contributed by atoms with Gasteiger partial charge in [0.15, 0.2) is 0 Å². The van der Waals surface area contributed by atoms with Crippen molar-refractivity contribution in [2.75, 3.05) is 25.0 Å². The number of hydrogen-bond donors (Lipinski definition) is 1. The highest BCUT2D eigenvalue weighted by atomic mass is 35.5. The highest BCUT2D eigenvalue weighted by Gasteiger charge is 2.10. The van der Waals surface area contributed by atoms with Crippen molar-refractivity contribution in [3.8, 4) is 0 Å². The van der Waals surface area contributed by atoms with Gasteiger partial charge in [-0.3, -0.25) is 0 Å². The molecule has 0 saturated heterocycles. The second-order valence-corrected chi connectivity index (χ2v) is 4.57. The molecule has 17 heavy (non-hydrogen) atoms. The molecule has 1 aromatic heterocycles. The number of aromatic nitrogens is 1. The van der Waals surface area contributed by atoms with Crippen molar-refractivity contribution in [1.29, 1.82) is 0 Å². The third kappa shape index (κ3) is 4.17. The number of hydrogen-bond acceptors (Lipinski definition) is 3. The van der Waals surface area contributed by atoms with E-state index in [1.54, 1.807) is 0 Å². The molecule has 1 heterocycles. The molecule has 0 fully saturated rings. The van der Waals surface area contributed by atoms with Crippen molar-refractivity contribution in [3.05, 3.63) is 22.8 Å². The third-order valence-electron chi connectivity index (χ3n) is 2.55. The molecule has 1 rings (SSSR count). The van der Waals surface area contributed by atoms with Crippen LogP contribution < -0.4 is 10.2 Å². The van der Waals surface area contributed by atoms with Crippen LogP contribution in [0.5, 0.6) is 0 Å². The highest BCUT2D eigenvalue weighted by Crippen LogP contribution is 2.24. The van der Waals surface area contributed by atoms with Crippen molar-refractivity contribution in [1.82, 2.24) is 10.3 Å². The lowest BCUT2D eigenvalue weighted by Crippen LogP contribution is -2.26. The van der Waals surface area contributed by atoms with Crippen LogP contribution in [0.2, 0.25) is 5.02 Å². The Kier molecular flexibility index (Phi) is 6.30. The highest BCUT2D eigenvalue weighted by molar-refractivity contribution is 6.33. The average molecular weight is 256 g/mol. The van der Waals surface area contributed by atoms with Crippen LogP contribution in [0.15, 0.2) is 12.3 Å². The van der Waals surface area contributed by atoms with E-state index in [2.05, 4.69) is 29.0 Å². The van der Waals surface area contributed by atoms with E-state index in [-0.39, 0.29) is 0 Å². The van der Waals surface area contributed by atoms with Crippen LogP contribution in [0, 0.1) is 0 Å². The summed E-state index contributed by atoms with van der Waals surface area (Å²) >= 11 is 6.30. The number of nitrogens with one attached hydrogen (secondary N) is 1. The lowest BCUT2D eigenvalue weighted by atomic mass is 10.2. The molecule has 0 unspecified atom stereocenters. The monoisotopic (exact) mass is 255 g/mol. The van der Waals surface area contributed by atoms with Gasteiger partial charge in [-0.05, 0) is 31.5 Å². The van der Waals surface area contributed by atoms with Crippen LogP contribution >= 0.6 is 11.6 Å². The first-order chi connectivity index (χ1) is 8.22. The summed E-state index contributed by atoms with van der Waals surface area (Å²) in [5.74, 6) is 0.912. The smallest absolute Gasteiger partial charge is 0.147 e. The maximum atomic E-state index is 6.30. The van der Waals surface area contributed by atoms with E-state index >= 15 is 0 Å². The Bertz CT molecular complexity index is 335. The Labute approximate surface area is 109 Å². The van der Waals surface area contributed by atoms with Gasteiger partial charge in [-0.1, -0.05) is 25.4 Å². The van der Waals surface area contributed by atoms with Crippen LogP contribution in [0.4, 0.5) is 5.82 Å². The zero-order chi connectivity index (χ0) is 12.7. The lowest BCUT2D eigenvalue weighted by molar-refractivity contribution is 0.732. The van der Waals surface area contributed by atoms with Gasteiger partial charge in [-0.25, -0.2) is 4.98 Å².